The maximum absolute atomic E-state index is 5.38. The number of hydrogen-bond acceptors (Lipinski definition) is 3. The quantitative estimate of drug-likeness (QED) is 0.740. The number of nitrogens with zero attached hydrogens (tertiary/aromatic N) is 1. The summed E-state index contributed by atoms with van der Waals surface area (Å²) in [5.41, 5.74) is 0.387. The van der Waals surface area contributed by atoms with E-state index < -0.39 is 0 Å². The van der Waals surface area contributed by atoms with E-state index in [0.717, 1.165) is 19.7 Å². The number of hydrogen-bond donors (Lipinski definition) is 1. The molecule has 0 amide bonds. The molecule has 3 nitrogen and oxygen atoms in total. The van der Waals surface area contributed by atoms with Gasteiger partial charge in [0.1, 0.15) is 0 Å². The van der Waals surface area contributed by atoms with E-state index in [-0.39, 0.29) is 0 Å². The predicted molar refractivity (Wildman–Crippen MR) is 87.2 cm³/mol. The highest BCUT2D eigenvalue weighted by atomic mass is 16.5. The van der Waals surface area contributed by atoms with Gasteiger partial charge in [-0.05, 0) is 44.7 Å². The fourth-order valence-electron chi connectivity index (χ4n) is 3.89. The van der Waals surface area contributed by atoms with Crippen molar-refractivity contribution < 1.29 is 4.74 Å². The fraction of sp³-hybridized carbons (Fsp3) is 1.00. The van der Waals surface area contributed by atoms with Gasteiger partial charge in [-0.3, -0.25) is 4.90 Å². The largest absolute Gasteiger partial charge is 0.383 e. The first-order valence-corrected chi connectivity index (χ1v) is 8.46. The van der Waals surface area contributed by atoms with E-state index >= 15 is 0 Å². The van der Waals surface area contributed by atoms with Gasteiger partial charge in [0.15, 0.2) is 0 Å². The van der Waals surface area contributed by atoms with Gasteiger partial charge in [-0.25, -0.2) is 0 Å². The zero-order valence-corrected chi connectivity index (χ0v) is 14.5. The molecule has 1 saturated carbocycles. The third kappa shape index (κ3) is 4.44. The molecule has 0 aromatic rings. The van der Waals surface area contributed by atoms with E-state index in [1.807, 2.05) is 7.11 Å². The normalized spacial score (nSPS) is 27.8. The lowest BCUT2D eigenvalue weighted by molar-refractivity contribution is 0.00748. The summed E-state index contributed by atoms with van der Waals surface area (Å²) in [4.78, 5) is 2.65. The Labute approximate surface area is 126 Å². The molecule has 120 valence electrons. The van der Waals surface area contributed by atoms with Crippen molar-refractivity contribution in [1.29, 1.82) is 0 Å². The van der Waals surface area contributed by atoms with Crippen LogP contribution in [-0.4, -0.2) is 49.8 Å². The average molecular weight is 284 g/mol. The second kappa shape index (κ2) is 8.35. The van der Waals surface area contributed by atoms with Gasteiger partial charge in [0.05, 0.1) is 6.61 Å². The van der Waals surface area contributed by atoms with Crippen LogP contribution in [0.15, 0.2) is 0 Å². The molecule has 3 atom stereocenters. The van der Waals surface area contributed by atoms with Gasteiger partial charge in [0.2, 0.25) is 0 Å². The first kappa shape index (κ1) is 17.9. The molecule has 1 fully saturated rings. The van der Waals surface area contributed by atoms with E-state index in [9.17, 15) is 0 Å². The Morgan fingerprint density at radius 3 is 2.60 bits per heavy atom. The van der Waals surface area contributed by atoms with Crippen molar-refractivity contribution in [2.45, 2.75) is 78.4 Å². The summed E-state index contributed by atoms with van der Waals surface area (Å²) >= 11 is 0. The zero-order valence-electron chi connectivity index (χ0n) is 14.5. The fourth-order valence-corrected chi connectivity index (χ4v) is 3.89. The van der Waals surface area contributed by atoms with Gasteiger partial charge in [-0.2, -0.15) is 0 Å². The Hall–Kier alpha value is -0.120. The second-order valence-electron chi connectivity index (χ2n) is 7.01. The van der Waals surface area contributed by atoms with Crippen molar-refractivity contribution in [3.05, 3.63) is 0 Å². The van der Waals surface area contributed by atoms with E-state index in [1.54, 1.807) is 0 Å². The highest BCUT2D eigenvalue weighted by molar-refractivity contribution is 4.98. The molecule has 0 heterocycles. The lowest BCUT2D eigenvalue weighted by Gasteiger charge is -2.50. The lowest BCUT2D eigenvalue weighted by Crippen LogP contribution is -2.61. The molecule has 0 aliphatic heterocycles. The SMILES string of the molecule is CCCNC1C(N(CC)C(C)COC)CCCC1(C)C. The molecule has 0 spiro atoms. The Morgan fingerprint density at radius 2 is 2.05 bits per heavy atom. The average Bonchev–Trinajstić information content (AvgIpc) is 2.38. The van der Waals surface area contributed by atoms with Crippen molar-refractivity contribution in [3.8, 4) is 0 Å². The van der Waals surface area contributed by atoms with Crippen LogP contribution in [0.3, 0.4) is 0 Å². The number of ether oxygens (including phenoxy) is 1. The van der Waals surface area contributed by atoms with Gasteiger partial charge in [-0.15, -0.1) is 0 Å². The van der Waals surface area contributed by atoms with Crippen LogP contribution in [0.25, 0.3) is 0 Å². The van der Waals surface area contributed by atoms with E-state index in [0.29, 0.717) is 23.5 Å². The lowest BCUT2D eigenvalue weighted by atomic mass is 9.70. The summed E-state index contributed by atoms with van der Waals surface area (Å²) in [6, 6.07) is 1.73. The molecule has 0 radical (unpaired) electrons. The first-order chi connectivity index (χ1) is 9.47. The highest BCUT2D eigenvalue weighted by Gasteiger charge is 2.41. The van der Waals surface area contributed by atoms with Crippen molar-refractivity contribution in [3.63, 3.8) is 0 Å². The van der Waals surface area contributed by atoms with Crippen LogP contribution < -0.4 is 5.32 Å². The predicted octanol–water partition coefficient (Wildman–Crippen LogP) is 3.29. The first-order valence-electron chi connectivity index (χ1n) is 8.46. The van der Waals surface area contributed by atoms with E-state index in [4.69, 9.17) is 4.74 Å². The van der Waals surface area contributed by atoms with Crippen LogP contribution in [0.1, 0.15) is 60.3 Å². The molecule has 1 rings (SSSR count). The van der Waals surface area contributed by atoms with Gasteiger partial charge in [0.25, 0.3) is 0 Å². The summed E-state index contributed by atoms with van der Waals surface area (Å²) in [5.74, 6) is 0. The molecule has 1 aliphatic carbocycles. The third-order valence-electron chi connectivity index (χ3n) is 4.93. The molecule has 3 heteroatoms. The van der Waals surface area contributed by atoms with Gasteiger partial charge in [0, 0.05) is 25.2 Å². The maximum Gasteiger partial charge on any atom is 0.0615 e. The minimum atomic E-state index is 0.387. The number of likely N-dealkylation sites (N-methyl/N-ethyl adjacent to an activating group) is 1. The second-order valence-corrected chi connectivity index (χ2v) is 7.01. The van der Waals surface area contributed by atoms with Crippen molar-refractivity contribution in [2.75, 3.05) is 26.8 Å². The van der Waals surface area contributed by atoms with Crippen LogP contribution in [0.2, 0.25) is 0 Å². The van der Waals surface area contributed by atoms with Crippen LogP contribution in [0.5, 0.6) is 0 Å². The van der Waals surface area contributed by atoms with Crippen LogP contribution in [0.4, 0.5) is 0 Å². The standard InChI is InChI=1S/C17H36N2O/c1-7-12-18-16-15(10-9-11-17(16,4)5)19(8-2)14(3)13-20-6/h14-16,18H,7-13H2,1-6H3. The van der Waals surface area contributed by atoms with Crippen LogP contribution >= 0.6 is 0 Å². The van der Waals surface area contributed by atoms with Crippen molar-refractivity contribution >= 4 is 0 Å². The summed E-state index contributed by atoms with van der Waals surface area (Å²) in [7, 11) is 1.81. The Balaban J connectivity index is 2.85. The zero-order chi connectivity index (χ0) is 15.2. The monoisotopic (exact) mass is 284 g/mol. The van der Waals surface area contributed by atoms with Gasteiger partial charge in [-0.1, -0.05) is 34.1 Å². The van der Waals surface area contributed by atoms with E-state index in [1.165, 1.54) is 25.7 Å². The van der Waals surface area contributed by atoms with Crippen molar-refractivity contribution in [2.24, 2.45) is 5.41 Å². The summed E-state index contributed by atoms with van der Waals surface area (Å²) in [6.45, 7) is 14.8. The summed E-state index contributed by atoms with van der Waals surface area (Å²) in [6.07, 6.45) is 5.20. The van der Waals surface area contributed by atoms with Crippen LogP contribution in [-0.2, 0) is 4.74 Å². The number of rotatable bonds is 8. The smallest absolute Gasteiger partial charge is 0.0615 e. The molecule has 0 bridgehead atoms. The number of methoxy groups -OCH3 is 1. The molecular weight excluding hydrogens is 248 g/mol. The van der Waals surface area contributed by atoms with Gasteiger partial charge >= 0.3 is 0 Å². The van der Waals surface area contributed by atoms with Gasteiger partial charge < -0.3 is 10.1 Å². The van der Waals surface area contributed by atoms with Crippen molar-refractivity contribution in [1.82, 2.24) is 10.2 Å². The third-order valence-corrected chi connectivity index (χ3v) is 4.93. The maximum atomic E-state index is 5.38. The Morgan fingerprint density at radius 1 is 1.35 bits per heavy atom. The molecule has 20 heavy (non-hydrogen) atoms. The van der Waals surface area contributed by atoms with E-state index in [2.05, 4.69) is 44.8 Å². The van der Waals surface area contributed by atoms with Crippen LogP contribution in [0, 0.1) is 5.41 Å². The minimum absolute atomic E-state index is 0.387. The number of nitrogens with one attached hydrogen (secondary N) is 1. The molecule has 1 aliphatic rings. The molecule has 0 saturated heterocycles. The highest BCUT2D eigenvalue weighted by Crippen LogP contribution is 2.38. The topological polar surface area (TPSA) is 24.5 Å². The molecular formula is C17H36N2O. The Kier molecular flexibility index (Phi) is 7.49. The molecule has 1 N–H and O–H groups in total. The molecule has 0 aromatic carbocycles. The minimum Gasteiger partial charge on any atom is -0.383 e. The summed E-state index contributed by atoms with van der Waals surface area (Å²) < 4.78 is 5.38. The summed E-state index contributed by atoms with van der Waals surface area (Å²) in [5, 5.41) is 3.84. The molecule has 3 unspecified atom stereocenters. The molecule has 0 aromatic heterocycles. The Bertz CT molecular complexity index is 268.